The summed E-state index contributed by atoms with van der Waals surface area (Å²) >= 11 is 0. The molecule has 0 aliphatic heterocycles. The Bertz CT molecular complexity index is 1770. The standard InChI is InChI=1S/C50H84N2.C15H24O2.Ni/c1-7-13-19-21-22-23-24-30-36-50(52-48-41-45(33-27-17-11-5)38-46(42-48)34-28-18-12-6)49(35-29-20-14-8-2)51-47-39-43(31-25-15-9-3)37-44(40-47)32-26-16-10-4;1-4-7-9-11-10-14(16)15(17)13(8-5-2)12(11)6-3;/h37-42H,7-36H2,1-6H3;10,16-17H,4-9H2,1-3H3;/q;;+2/p-2. The Balaban J connectivity index is 0.00000114. The Morgan fingerprint density at radius 3 is 1.04 bits per heavy atom. The van der Waals surface area contributed by atoms with Crippen molar-refractivity contribution in [1.82, 2.24) is 0 Å². The first-order valence-electron chi connectivity index (χ1n) is 29.6. The number of nitrogens with zero attached hydrogens (tertiary/aromatic N) is 2. The molecule has 0 radical (unpaired) electrons. The molecule has 3 aromatic rings. The fourth-order valence-corrected chi connectivity index (χ4v) is 9.83. The Hall–Kier alpha value is -2.91. The van der Waals surface area contributed by atoms with E-state index < -0.39 is 0 Å². The molecule has 4 nitrogen and oxygen atoms in total. The molecule has 0 spiro atoms. The summed E-state index contributed by atoms with van der Waals surface area (Å²) in [5, 5.41) is 23.5. The van der Waals surface area contributed by atoms with E-state index in [0.29, 0.717) is 0 Å². The van der Waals surface area contributed by atoms with E-state index in [1.54, 1.807) is 6.07 Å². The smallest absolute Gasteiger partial charge is 0.873 e. The molecular formula is C65H106N2NiO2. The molecule has 0 aliphatic rings. The van der Waals surface area contributed by atoms with Gasteiger partial charge in [-0.25, -0.2) is 0 Å². The maximum Gasteiger partial charge on any atom is 2.00 e. The fourth-order valence-electron chi connectivity index (χ4n) is 9.83. The molecule has 5 heteroatoms. The predicted octanol–water partition coefficient (Wildman–Crippen LogP) is 19.7. The third-order valence-corrected chi connectivity index (χ3v) is 14.0. The second-order valence-electron chi connectivity index (χ2n) is 20.5. The third kappa shape index (κ3) is 27.8. The molecule has 70 heavy (non-hydrogen) atoms. The number of rotatable bonds is 39. The molecule has 0 N–H and O–H groups in total. The van der Waals surface area contributed by atoms with E-state index in [9.17, 15) is 10.2 Å². The van der Waals surface area contributed by atoms with Crippen LogP contribution in [0.25, 0.3) is 0 Å². The van der Waals surface area contributed by atoms with Gasteiger partial charge in [-0.15, -0.1) is 11.5 Å². The molecule has 0 aromatic heterocycles. The fraction of sp³-hybridized carbons (Fsp3) is 0.692. The van der Waals surface area contributed by atoms with Gasteiger partial charge in [0.15, 0.2) is 0 Å². The van der Waals surface area contributed by atoms with Crippen LogP contribution >= 0.6 is 0 Å². The molecule has 0 atom stereocenters. The number of benzene rings is 3. The summed E-state index contributed by atoms with van der Waals surface area (Å²) < 4.78 is 0. The van der Waals surface area contributed by atoms with Gasteiger partial charge in [-0.2, -0.15) is 0 Å². The van der Waals surface area contributed by atoms with E-state index in [-0.39, 0.29) is 28.0 Å². The summed E-state index contributed by atoms with van der Waals surface area (Å²) in [5.74, 6) is -0.597. The summed E-state index contributed by atoms with van der Waals surface area (Å²) in [6.07, 6.45) is 43.4. The minimum atomic E-state index is -0.322. The molecule has 3 aromatic carbocycles. The van der Waals surface area contributed by atoms with Gasteiger partial charge in [0, 0.05) is 0 Å². The molecule has 0 unspecified atom stereocenters. The minimum absolute atomic E-state index is 0. The number of hydrogen-bond donors (Lipinski definition) is 0. The monoisotopic (exact) mass is 1000 g/mol. The quantitative estimate of drug-likeness (QED) is 0.0324. The summed E-state index contributed by atoms with van der Waals surface area (Å²) in [7, 11) is 0. The first kappa shape index (κ1) is 65.1. The van der Waals surface area contributed by atoms with Gasteiger partial charge in [-0.05, 0) is 160 Å². The van der Waals surface area contributed by atoms with Crippen LogP contribution in [0.4, 0.5) is 11.4 Å². The predicted molar refractivity (Wildman–Crippen MR) is 303 cm³/mol. The van der Waals surface area contributed by atoms with E-state index in [2.05, 4.69) is 91.8 Å². The summed E-state index contributed by atoms with van der Waals surface area (Å²) in [4.78, 5) is 11.3. The summed E-state index contributed by atoms with van der Waals surface area (Å²) in [6.45, 7) is 20.1. The topological polar surface area (TPSA) is 70.8 Å². The molecule has 0 saturated carbocycles. The first-order valence-corrected chi connectivity index (χ1v) is 29.6. The van der Waals surface area contributed by atoms with Gasteiger partial charge >= 0.3 is 16.5 Å². The van der Waals surface area contributed by atoms with E-state index in [0.717, 1.165) is 93.7 Å². The van der Waals surface area contributed by atoms with Gasteiger partial charge in [0.1, 0.15) is 0 Å². The number of hydrogen-bond acceptors (Lipinski definition) is 4. The average Bonchev–Trinajstić information content (AvgIpc) is 3.34. The molecule has 3 rings (SSSR count). The van der Waals surface area contributed by atoms with E-state index in [4.69, 9.17) is 9.98 Å². The first-order chi connectivity index (χ1) is 33.7. The van der Waals surface area contributed by atoms with Crippen molar-refractivity contribution in [2.24, 2.45) is 9.98 Å². The number of aliphatic imine (C=N–C) groups is 2. The second-order valence-corrected chi connectivity index (χ2v) is 20.5. The largest absolute Gasteiger partial charge is 2.00 e. The van der Waals surface area contributed by atoms with E-state index in [1.807, 2.05) is 6.92 Å². The molecule has 0 heterocycles. The van der Waals surface area contributed by atoms with Crippen molar-refractivity contribution in [3.05, 3.63) is 81.4 Å². The zero-order chi connectivity index (χ0) is 50.3. The molecule has 0 saturated heterocycles. The minimum Gasteiger partial charge on any atom is -0.873 e. The average molecular weight is 1010 g/mol. The van der Waals surface area contributed by atoms with E-state index in [1.165, 1.54) is 199 Å². The maximum absolute atomic E-state index is 11.9. The van der Waals surface area contributed by atoms with Crippen LogP contribution in [0.2, 0.25) is 0 Å². The molecule has 0 fully saturated rings. The van der Waals surface area contributed by atoms with Crippen LogP contribution in [0.1, 0.15) is 287 Å². The van der Waals surface area contributed by atoms with Crippen molar-refractivity contribution in [2.45, 2.75) is 293 Å². The van der Waals surface area contributed by atoms with Gasteiger partial charge < -0.3 is 10.2 Å². The van der Waals surface area contributed by atoms with Crippen LogP contribution in [0, 0.1) is 0 Å². The molecule has 398 valence electrons. The Morgan fingerprint density at radius 1 is 0.343 bits per heavy atom. The van der Waals surface area contributed by atoms with Gasteiger partial charge in [-0.1, -0.05) is 214 Å². The van der Waals surface area contributed by atoms with Crippen molar-refractivity contribution in [1.29, 1.82) is 0 Å². The maximum atomic E-state index is 11.9. The zero-order valence-electron chi connectivity index (χ0n) is 47.0. The van der Waals surface area contributed by atoms with Gasteiger partial charge in [-0.3, -0.25) is 9.98 Å². The zero-order valence-corrected chi connectivity index (χ0v) is 48.0. The normalized spacial score (nSPS) is 11.7. The van der Waals surface area contributed by atoms with Gasteiger partial charge in [0.25, 0.3) is 0 Å². The summed E-state index contributed by atoms with van der Waals surface area (Å²) in [6, 6.07) is 16.2. The van der Waals surface area contributed by atoms with Crippen molar-refractivity contribution < 1.29 is 26.7 Å². The van der Waals surface area contributed by atoms with Crippen LogP contribution in [0.3, 0.4) is 0 Å². The number of aryl methyl sites for hydroxylation is 5. The van der Waals surface area contributed by atoms with Gasteiger partial charge in [0.2, 0.25) is 0 Å². The van der Waals surface area contributed by atoms with Crippen molar-refractivity contribution >= 4 is 22.8 Å². The molecule has 0 aliphatic carbocycles. The van der Waals surface area contributed by atoms with Crippen molar-refractivity contribution in [3.8, 4) is 11.5 Å². The summed E-state index contributed by atoms with van der Waals surface area (Å²) in [5.41, 5.74) is 13.8. The molecule has 0 amide bonds. The van der Waals surface area contributed by atoms with Gasteiger partial charge in [0.05, 0.1) is 22.8 Å². The van der Waals surface area contributed by atoms with Crippen LogP contribution < -0.4 is 10.2 Å². The van der Waals surface area contributed by atoms with Crippen LogP contribution in [-0.2, 0) is 61.4 Å². The Kier molecular flexibility index (Phi) is 39.6. The van der Waals surface area contributed by atoms with Crippen LogP contribution in [0.15, 0.2) is 52.4 Å². The van der Waals surface area contributed by atoms with E-state index >= 15 is 0 Å². The Morgan fingerprint density at radius 2 is 0.686 bits per heavy atom. The number of unbranched alkanes of at least 4 members (excludes halogenated alkanes) is 19. The molecular weight excluding hydrogens is 899 g/mol. The van der Waals surface area contributed by atoms with Crippen LogP contribution in [-0.4, -0.2) is 11.4 Å². The van der Waals surface area contributed by atoms with Crippen molar-refractivity contribution in [2.75, 3.05) is 0 Å². The van der Waals surface area contributed by atoms with Crippen LogP contribution in [0.5, 0.6) is 11.5 Å². The van der Waals surface area contributed by atoms with Crippen molar-refractivity contribution in [3.63, 3.8) is 0 Å². The second kappa shape index (κ2) is 42.6. The molecule has 0 bridgehead atoms. The third-order valence-electron chi connectivity index (χ3n) is 14.0. The Labute approximate surface area is 443 Å². The SMILES string of the molecule is CCCCCCCCCCC(=Nc1cc(CCCCC)cc(CCCCC)c1)C(CCCCCC)=Nc1cc(CCCCC)cc(CCCCC)c1.CCCCc1cc([O-])c([O-])c(CCC)c1CC.[Ni+2].